The number of aryl methyl sites for hydroxylation is 1. The Morgan fingerprint density at radius 2 is 1.87 bits per heavy atom. The molecular weight excluding hydrogens is 386 g/mol. The van der Waals surface area contributed by atoms with E-state index in [2.05, 4.69) is 16.0 Å². The van der Waals surface area contributed by atoms with Crippen molar-refractivity contribution in [3.63, 3.8) is 0 Å². The van der Waals surface area contributed by atoms with Crippen LogP contribution in [0.25, 0.3) is 0 Å². The zero-order valence-electron chi connectivity index (χ0n) is 16.8. The van der Waals surface area contributed by atoms with Crippen LogP contribution in [0.5, 0.6) is 11.5 Å². The Balaban J connectivity index is 1.45. The van der Waals surface area contributed by atoms with Crippen LogP contribution in [0.2, 0.25) is 0 Å². The van der Waals surface area contributed by atoms with Crippen molar-refractivity contribution < 1.29 is 23.9 Å². The van der Waals surface area contributed by atoms with E-state index in [4.69, 9.17) is 9.47 Å². The van der Waals surface area contributed by atoms with Crippen LogP contribution >= 0.6 is 0 Å². The summed E-state index contributed by atoms with van der Waals surface area (Å²) in [5, 5.41) is 8.34. The number of ether oxygens (including phenoxy) is 2. The van der Waals surface area contributed by atoms with E-state index in [1.807, 2.05) is 12.1 Å². The van der Waals surface area contributed by atoms with E-state index in [0.29, 0.717) is 22.7 Å². The first-order valence-corrected chi connectivity index (χ1v) is 9.75. The first-order chi connectivity index (χ1) is 14.5. The average Bonchev–Trinajstić information content (AvgIpc) is 3.08. The second-order valence-electron chi connectivity index (χ2n) is 7.33. The number of rotatable bonds is 5. The van der Waals surface area contributed by atoms with Crippen LogP contribution in [0.15, 0.2) is 36.4 Å². The van der Waals surface area contributed by atoms with E-state index in [9.17, 15) is 14.4 Å². The van der Waals surface area contributed by atoms with Gasteiger partial charge in [0.1, 0.15) is 6.04 Å². The summed E-state index contributed by atoms with van der Waals surface area (Å²) < 4.78 is 10.7. The van der Waals surface area contributed by atoms with E-state index in [1.165, 1.54) is 0 Å². The summed E-state index contributed by atoms with van der Waals surface area (Å²) in [6, 6.07) is 9.42. The molecule has 3 amide bonds. The maximum atomic E-state index is 12.7. The number of methoxy groups -OCH3 is 2. The minimum Gasteiger partial charge on any atom is -0.493 e. The molecule has 156 valence electrons. The standard InChI is InChI=1S/C22H23N3O5/c1-29-18-9-12-7-8-16(14(12)10-19(18)30-2)23-20(26)11-17-22(28)24-15-6-4-3-5-13(15)21(27)25-17/h3-6,9-10,16-17H,7-8,11H2,1-2H3,(H,23,26)(H,24,28)(H,25,27)/t16-,17-/m0/s1. The van der Waals surface area contributed by atoms with Gasteiger partial charge in [0.25, 0.3) is 5.91 Å². The summed E-state index contributed by atoms with van der Waals surface area (Å²) in [6.07, 6.45) is 1.40. The van der Waals surface area contributed by atoms with Crippen LogP contribution in [0.1, 0.15) is 40.4 Å². The molecule has 0 saturated heterocycles. The van der Waals surface area contributed by atoms with Crippen molar-refractivity contribution in [1.29, 1.82) is 0 Å². The minimum absolute atomic E-state index is 0.148. The molecule has 0 spiro atoms. The van der Waals surface area contributed by atoms with Crippen LogP contribution < -0.4 is 25.4 Å². The minimum atomic E-state index is -0.948. The number of amides is 3. The van der Waals surface area contributed by atoms with Crippen molar-refractivity contribution >= 4 is 23.4 Å². The van der Waals surface area contributed by atoms with Gasteiger partial charge in [-0.2, -0.15) is 0 Å². The van der Waals surface area contributed by atoms with Gasteiger partial charge < -0.3 is 25.4 Å². The van der Waals surface area contributed by atoms with Crippen molar-refractivity contribution in [1.82, 2.24) is 10.6 Å². The number of hydrogen-bond acceptors (Lipinski definition) is 5. The summed E-state index contributed by atoms with van der Waals surface area (Å²) in [5.74, 6) is 0.145. The lowest BCUT2D eigenvalue weighted by atomic mass is 10.1. The van der Waals surface area contributed by atoms with Gasteiger partial charge in [0.05, 0.1) is 37.9 Å². The first-order valence-electron chi connectivity index (χ1n) is 9.75. The third kappa shape index (κ3) is 3.68. The maximum Gasteiger partial charge on any atom is 0.254 e. The quantitative estimate of drug-likeness (QED) is 0.700. The van der Waals surface area contributed by atoms with Crippen LogP contribution in [0.3, 0.4) is 0 Å². The van der Waals surface area contributed by atoms with Gasteiger partial charge in [-0.15, -0.1) is 0 Å². The van der Waals surface area contributed by atoms with Gasteiger partial charge in [0.15, 0.2) is 11.5 Å². The lowest BCUT2D eigenvalue weighted by Crippen LogP contribution is -2.44. The SMILES string of the molecule is COc1cc2c(cc1OC)[C@@H](NC(=O)C[C@@H]1NC(=O)c3ccccc3NC1=O)CC2. The monoisotopic (exact) mass is 409 g/mol. The fourth-order valence-corrected chi connectivity index (χ4v) is 3.98. The molecule has 2 aliphatic rings. The summed E-state index contributed by atoms with van der Waals surface area (Å²) in [7, 11) is 3.15. The fraction of sp³-hybridized carbons (Fsp3) is 0.318. The number of carbonyl (C=O) groups is 3. The Morgan fingerprint density at radius 3 is 2.63 bits per heavy atom. The Bertz CT molecular complexity index is 1020. The Kier molecular flexibility index (Phi) is 5.31. The molecule has 30 heavy (non-hydrogen) atoms. The van der Waals surface area contributed by atoms with Crippen LogP contribution in [-0.4, -0.2) is 38.0 Å². The third-order valence-corrected chi connectivity index (χ3v) is 5.50. The zero-order valence-corrected chi connectivity index (χ0v) is 16.8. The van der Waals surface area contributed by atoms with Gasteiger partial charge in [-0.3, -0.25) is 14.4 Å². The van der Waals surface area contributed by atoms with Gasteiger partial charge >= 0.3 is 0 Å². The molecule has 0 unspecified atom stereocenters. The first kappa shape index (κ1) is 19.8. The van der Waals surface area contributed by atoms with Crippen molar-refractivity contribution in [2.75, 3.05) is 19.5 Å². The molecule has 8 heteroatoms. The average molecular weight is 409 g/mol. The molecule has 1 aliphatic heterocycles. The van der Waals surface area contributed by atoms with Gasteiger partial charge in [-0.25, -0.2) is 0 Å². The van der Waals surface area contributed by atoms with Gasteiger partial charge in [-0.1, -0.05) is 12.1 Å². The summed E-state index contributed by atoms with van der Waals surface area (Å²) >= 11 is 0. The number of fused-ring (bicyclic) bond motifs is 2. The second kappa shape index (κ2) is 8.06. The lowest BCUT2D eigenvalue weighted by Gasteiger charge is -2.19. The number of anilines is 1. The van der Waals surface area contributed by atoms with E-state index >= 15 is 0 Å². The van der Waals surface area contributed by atoms with Crippen molar-refractivity contribution in [2.24, 2.45) is 0 Å². The highest BCUT2D eigenvalue weighted by Crippen LogP contribution is 2.39. The fourth-order valence-electron chi connectivity index (χ4n) is 3.98. The lowest BCUT2D eigenvalue weighted by molar-refractivity contribution is -0.126. The number of carbonyl (C=O) groups excluding carboxylic acids is 3. The molecule has 2 atom stereocenters. The van der Waals surface area contributed by atoms with E-state index in [-0.39, 0.29) is 24.3 Å². The molecule has 0 bridgehead atoms. The van der Waals surface area contributed by atoms with E-state index in [0.717, 1.165) is 24.0 Å². The highest BCUT2D eigenvalue weighted by molar-refractivity contribution is 6.10. The Hall–Kier alpha value is -3.55. The van der Waals surface area contributed by atoms with Crippen LogP contribution in [0, 0.1) is 0 Å². The number of para-hydroxylation sites is 1. The summed E-state index contributed by atoms with van der Waals surface area (Å²) in [6.45, 7) is 0. The van der Waals surface area contributed by atoms with Crippen molar-refractivity contribution in [2.45, 2.75) is 31.3 Å². The predicted molar refractivity (Wildman–Crippen MR) is 110 cm³/mol. The Labute approximate surface area is 173 Å². The van der Waals surface area contributed by atoms with Gasteiger partial charge in [0.2, 0.25) is 11.8 Å². The molecule has 0 radical (unpaired) electrons. The third-order valence-electron chi connectivity index (χ3n) is 5.50. The van der Waals surface area contributed by atoms with E-state index < -0.39 is 11.9 Å². The molecule has 0 saturated carbocycles. The molecular formula is C22H23N3O5. The molecule has 4 rings (SSSR count). The molecule has 3 N–H and O–H groups in total. The topological polar surface area (TPSA) is 106 Å². The number of hydrogen-bond donors (Lipinski definition) is 3. The molecule has 0 aromatic heterocycles. The maximum absolute atomic E-state index is 12.7. The normalized spacial score (nSPS) is 19.7. The predicted octanol–water partition coefficient (Wildman–Crippen LogP) is 1.95. The van der Waals surface area contributed by atoms with Crippen molar-refractivity contribution in [3.8, 4) is 11.5 Å². The molecule has 2 aromatic carbocycles. The molecule has 1 heterocycles. The smallest absolute Gasteiger partial charge is 0.254 e. The largest absolute Gasteiger partial charge is 0.493 e. The molecule has 1 aliphatic carbocycles. The summed E-state index contributed by atoms with van der Waals surface area (Å²) in [4.78, 5) is 37.6. The van der Waals surface area contributed by atoms with Gasteiger partial charge in [-0.05, 0) is 48.2 Å². The highest BCUT2D eigenvalue weighted by Gasteiger charge is 2.31. The number of benzene rings is 2. The zero-order chi connectivity index (χ0) is 21.3. The molecule has 8 nitrogen and oxygen atoms in total. The molecule has 2 aromatic rings. The van der Waals surface area contributed by atoms with Gasteiger partial charge in [0, 0.05) is 0 Å². The molecule has 0 fully saturated rings. The Morgan fingerprint density at radius 1 is 1.13 bits per heavy atom. The summed E-state index contributed by atoms with van der Waals surface area (Å²) in [5.41, 5.74) is 2.88. The van der Waals surface area contributed by atoms with Crippen LogP contribution in [-0.2, 0) is 16.0 Å². The van der Waals surface area contributed by atoms with Crippen molar-refractivity contribution in [3.05, 3.63) is 53.1 Å². The van der Waals surface area contributed by atoms with Crippen LogP contribution in [0.4, 0.5) is 5.69 Å². The van der Waals surface area contributed by atoms with E-state index in [1.54, 1.807) is 38.5 Å². The second-order valence-corrected chi connectivity index (χ2v) is 7.33. The number of nitrogens with one attached hydrogen (secondary N) is 3. The highest BCUT2D eigenvalue weighted by atomic mass is 16.5.